The number of piperidine rings is 1. The average Bonchev–Trinajstić information content (AvgIpc) is 1.90. The molecule has 1 rings (SSSR count). The van der Waals surface area contributed by atoms with Gasteiger partial charge in [-0.15, -0.1) is 0 Å². The molecule has 1 saturated heterocycles. The Kier molecular flexibility index (Phi) is 2.52. The predicted octanol–water partition coefficient (Wildman–Crippen LogP) is 1.78. The Balaban J connectivity index is 2.18. The molecule has 0 bridgehead atoms. The summed E-state index contributed by atoms with van der Waals surface area (Å²) in [6, 6.07) is 0.771. The third kappa shape index (κ3) is 1.98. The summed E-state index contributed by atoms with van der Waals surface area (Å²) in [7, 11) is 0. The van der Waals surface area contributed by atoms with E-state index in [1.165, 1.54) is 25.8 Å². The van der Waals surface area contributed by atoms with Gasteiger partial charge in [-0.25, -0.2) is 0 Å². The van der Waals surface area contributed by atoms with E-state index in [1.807, 2.05) is 0 Å². The second-order valence-corrected chi connectivity index (χ2v) is 3.16. The minimum Gasteiger partial charge on any atom is -0.314 e. The minimum absolute atomic E-state index is 0.771. The lowest BCUT2D eigenvalue weighted by molar-refractivity contribution is 0.317. The van der Waals surface area contributed by atoms with E-state index in [1.54, 1.807) is 0 Å². The van der Waals surface area contributed by atoms with E-state index in [9.17, 15) is 0 Å². The van der Waals surface area contributed by atoms with E-state index in [2.05, 4.69) is 19.2 Å². The molecular weight excluding hydrogens is 110 g/mol. The van der Waals surface area contributed by atoms with Gasteiger partial charge in [0, 0.05) is 6.04 Å². The van der Waals surface area contributed by atoms with Crippen molar-refractivity contribution in [3.05, 3.63) is 0 Å². The van der Waals surface area contributed by atoms with E-state index in [0.717, 1.165) is 12.0 Å². The van der Waals surface area contributed by atoms with Gasteiger partial charge in [0.05, 0.1) is 0 Å². The molecule has 0 saturated carbocycles. The molecule has 0 aliphatic carbocycles. The van der Waals surface area contributed by atoms with Gasteiger partial charge in [0.2, 0.25) is 0 Å². The normalized spacial score (nSPS) is 36.7. The Morgan fingerprint density at radius 3 is 2.67 bits per heavy atom. The maximum Gasteiger partial charge on any atom is 0.00389 e. The number of rotatable bonds is 1. The van der Waals surface area contributed by atoms with Gasteiger partial charge in [-0.2, -0.15) is 0 Å². The van der Waals surface area contributed by atoms with Crippen LogP contribution in [0.15, 0.2) is 0 Å². The fourth-order valence-corrected chi connectivity index (χ4v) is 1.41. The molecule has 1 N–H and O–H groups in total. The third-order valence-corrected chi connectivity index (χ3v) is 2.34. The standard InChI is InChI=1S/C8H17N/c1-3-8-5-4-7(2)9-6-8/h7-9H,3-6H2,1-2H3/t7?,8-/m0/s1. The number of hydrogen-bond acceptors (Lipinski definition) is 1. The maximum atomic E-state index is 3.48. The molecule has 2 atom stereocenters. The summed E-state index contributed by atoms with van der Waals surface area (Å²) < 4.78 is 0. The van der Waals surface area contributed by atoms with Gasteiger partial charge in [0.25, 0.3) is 0 Å². The fourth-order valence-electron chi connectivity index (χ4n) is 1.41. The van der Waals surface area contributed by atoms with Crippen LogP contribution in [0.2, 0.25) is 0 Å². The predicted molar refractivity (Wildman–Crippen MR) is 40.5 cm³/mol. The van der Waals surface area contributed by atoms with Gasteiger partial charge in [-0.1, -0.05) is 13.3 Å². The lowest BCUT2D eigenvalue weighted by Crippen LogP contribution is -2.36. The second-order valence-electron chi connectivity index (χ2n) is 3.16. The minimum atomic E-state index is 0.771. The first-order valence-electron chi connectivity index (χ1n) is 4.06. The van der Waals surface area contributed by atoms with Gasteiger partial charge < -0.3 is 5.32 Å². The molecule has 1 unspecified atom stereocenters. The van der Waals surface area contributed by atoms with E-state index < -0.39 is 0 Å². The lowest BCUT2D eigenvalue weighted by atomic mass is 9.94. The number of hydrogen-bond donors (Lipinski definition) is 1. The van der Waals surface area contributed by atoms with Crippen LogP contribution in [-0.4, -0.2) is 12.6 Å². The molecule has 1 heterocycles. The summed E-state index contributed by atoms with van der Waals surface area (Å²) in [5.74, 6) is 0.959. The molecule has 0 aromatic rings. The van der Waals surface area contributed by atoms with E-state index >= 15 is 0 Å². The van der Waals surface area contributed by atoms with Gasteiger partial charge in [-0.05, 0) is 32.2 Å². The summed E-state index contributed by atoms with van der Waals surface area (Å²) >= 11 is 0. The molecule has 0 spiro atoms. The van der Waals surface area contributed by atoms with Crippen molar-refractivity contribution in [1.82, 2.24) is 5.32 Å². The zero-order valence-electron chi connectivity index (χ0n) is 6.48. The second kappa shape index (κ2) is 3.21. The van der Waals surface area contributed by atoms with Gasteiger partial charge >= 0.3 is 0 Å². The highest BCUT2D eigenvalue weighted by Gasteiger charge is 2.14. The zero-order valence-corrected chi connectivity index (χ0v) is 6.48. The molecular formula is C8H17N. The quantitative estimate of drug-likeness (QED) is 0.566. The molecule has 1 nitrogen and oxygen atoms in total. The Hall–Kier alpha value is -0.0400. The molecule has 1 fully saturated rings. The number of nitrogens with one attached hydrogen (secondary N) is 1. The summed E-state index contributed by atoms with van der Waals surface area (Å²) in [4.78, 5) is 0. The van der Waals surface area contributed by atoms with Crippen LogP contribution in [-0.2, 0) is 0 Å². The van der Waals surface area contributed by atoms with Crippen LogP contribution in [0.25, 0.3) is 0 Å². The Morgan fingerprint density at radius 1 is 1.44 bits per heavy atom. The third-order valence-electron chi connectivity index (χ3n) is 2.34. The maximum absolute atomic E-state index is 3.48. The first kappa shape index (κ1) is 7.07. The summed E-state index contributed by atoms with van der Waals surface area (Å²) in [6.07, 6.45) is 4.16. The smallest absolute Gasteiger partial charge is 0.00389 e. The van der Waals surface area contributed by atoms with E-state index in [0.29, 0.717) is 0 Å². The topological polar surface area (TPSA) is 12.0 Å². The van der Waals surface area contributed by atoms with Crippen molar-refractivity contribution >= 4 is 0 Å². The van der Waals surface area contributed by atoms with Crippen LogP contribution in [0, 0.1) is 5.92 Å². The van der Waals surface area contributed by atoms with Crippen molar-refractivity contribution in [2.24, 2.45) is 5.92 Å². The first-order valence-corrected chi connectivity index (χ1v) is 4.06. The van der Waals surface area contributed by atoms with Crippen molar-refractivity contribution in [2.75, 3.05) is 6.54 Å². The van der Waals surface area contributed by atoms with Crippen molar-refractivity contribution in [3.8, 4) is 0 Å². The molecule has 0 aromatic carbocycles. The zero-order chi connectivity index (χ0) is 6.69. The molecule has 9 heavy (non-hydrogen) atoms. The summed E-state index contributed by atoms with van der Waals surface area (Å²) in [5, 5.41) is 3.48. The largest absolute Gasteiger partial charge is 0.314 e. The molecule has 1 aliphatic rings. The van der Waals surface area contributed by atoms with Crippen molar-refractivity contribution in [2.45, 2.75) is 39.2 Å². The highest BCUT2D eigenvalue weighted by molar-refractivity contribution is 4.73. The molecule has 0 aromatic heterocycles. The van der Waals surface area contributed by atoms with Gasteiger partial charge in [-0.3, -0.25) is 0 Å². The molecule has 0 amide bonds. The van der Waals surface area contributed by atoms with Crippen molar-refractivity contribution < 1.29 is 0 Å². The highest BCUT2D eigenvalue weighted by Crippen LogP contribution is 2.16. The highest BCUT2D eigenvalue weighted by atomic mass is 14.9. The Labute approximate surface area is 57.8 Å². The Morgan fingerprint density at radius 2 is 2.22 bits per heavy atom. The van der Waals surface area contributed by atoms with Gasteiger partial charge in [0.15, 0.2) is 0 Å². The molecule has 1 heteroatoms. The van der Waals surface area contributed by atoms with Crippen LogP contribution in [0.1, 0.15) is 33.1 Å². The van der Waals surface area contributed by atoms with Gasteiger partial charge in [0.1, 0.15) is 0 Å². The van der Waals surface area contributed by atoms with E-state index in [-0.39, 0.29) is 0 Å². The monoisotopic (exact) mass is 127 g/mol. The van der Waals surface area contributed by atoms with Crippen LogP contribution >= 0.6 is 0 Å². The molecule has 1 aliphatic heterocycles. The van der Waals surface area contributed by atoms with Crippen LogP contribution in [0.4, 0.5) is 0 Å². The lowest BCUT2D eigenvalue weighted by Gasteiger charge is -2.26. The molecule has 54 valence electrons. The van der Waals surface area contributed by atoms with Crippen molar-refractivity contribution in [1.29, 1.82) is 0 Å². The van der Waals surface area contributed by atoms with Crippen molar-refractivity contribution in [3.63, 3.8) is 0 Å². The summed E-state index contributed by atoms with van der Waals surface area (Å²) in [5.41, 5.74) is 0. The van der Waals surface area contributed by atoms with E-state index in [4.69, 9.17) is 0 Å². The van der Waals surface area contributed by atoms with Crippen LogP contribution in [0.3, 0.4) is 0 Å². The Bertz CT molecular complexity index is 72.6. The summed E-state index contributed by atoms with van der Waals surface area (Å²) in [6.45, 7) is 5.80. The SMILES string of the molecule is CC[C@H]1CCC(C)NC1. The fraction of sp³-hybridized carbons (Fsp3) is 1.00. The van der Waals surface area contributed by atoms with Crippen LogP contribution < -0.4 is 5.32 Å². The molecule has 0 radical (unpaired) electrons. The first-order chi connectivity index (χ1) is 4.33. The average molecular weight is 127 g/mol. The van der Waals surface area contributed by atoms with Crippen LogP contribution in [0.5, 0.6) is 0 Å².